The van der Waals surface area contributed by atoms with E-state index < -0.39 is 11.2 Å². The van der Waals surface area contributed by atoms with E-state index in [2.05, 4.69) is 10.2 Å². The molecule has 1 amide bonds. The van der Waals surface area contributed by atoms with Crippen LogP contribution >= 0.6 is 23.4 Å². The molecule has 26 heavy (non-hydrogen) atoms. The van der Waals surface area contributed by atoms with Gasteiger partial charge in [-0.05, 0) is 48.9 Å². The van der Waals surface area contributed by atoms with Gasteiger partial charge in [0.15, 0.2) is 11.0 Å². The smallest absolute Gasteiger partial charge is 0.235 e. The van der Waals surface area contributed by atoms with Gasteiger partial charge in [0.05, 0.1) is 0 Å². The quantitative estimate of drug-likeness (QED) is 0.643. The monoisotopic (exact) mass is 390 g/mol. The maximum absolute atomic E-state index is 13.2. The highest BCUT2D eigenvalue weighted by Crippen LogP contribution is 2.35. The van der Waals surface area contributed by atoms with Crippen molar-refractivity contribution in [3.8, 4) is 11.4 Å². The zero-order valence-corrected chi connectivity index (χ0v) is 15.5. The Morgan fingerprint density at radius 2 is 1.85 bits per heavy atom. The van der Waals surface area contributed by atoms with Crippen molar-refractivity contribution >= 4 is 29.3 Å². The second-order valence-corrected chi connectivity index (χ2v) is 7.02. The minimum Gasteiger partial charge on any atom is -0.368 e. The normalized spacial score (nSPS) is 12.1. The predicted octanol–water partition coefficient (Wildman–Crippen LogP) is 4.08. The number of carbonyl (C=O) groups excluding carboxylic acids is 1. The Morgan fingerprint density at radius 3 is 2.42 bits per heavy atom. The van der Waals surface area contributed by atoms with E-state index >= 15 is 0 Å². The van der Waals surface area contributed by atoms with E-state index in [0.29, 0.717) is 28.1 Å². The average Bonchev–Trinajstić information content (AvgIpc) is 3.03. The standard InChI is InChI=1S/C18H16ClFN4OS/c1-2-24-17(12-3-7-13(19)8-4-12)22-23-18(24)26-15(16(21)25)11-5-9-14(20)10-6-11/h3-10,15H,2H2,1H3,(H2,21,25). The summed E-state index contributed by atoms with van der Waals surface area (Å²) >= 11 is 7.13. The third kappa shape index (κ3) is 3.89. The number of nitrogens with zero attached hydrogens (tertiary/aromatic N) is 3. The summed E-state index contributed by atoms with van der Waals surface area (Å²) in [5, 5.41) is 8.96. The van der Waals surface area contributed by atoms with Gasteiger partial charge in [-0.15, -0.1) is 10.2 Å². The van der Waals surface area contributed by atoms with Crippen LogP contribution in [0.15, 0.2) is 53.7 Å². The first kappa shape index (κ1) is 18.4. The number of benzene rings is 2. The van der Waals surface area contributed by atoms with Gasteiger partial charge in [0.1, 0.15) is 11.1 Å². The van der Waals surface area contributed by atoms with Crippen molar-refractivity contribution in [1.82, 2.24) is 14.8 Å². The van der Waals surface area contributed by atoms with Gasteiger partial charge >= 0.3 is 0 Å². The van der Waals surface area contributed by atoms with E-state index in [4.69, 9.17) is 17.3 Å². The van der Waals surface area contributed by atoms with E-state index in [-0.39, 0.29) is 5.82 Å². The van der Waals surface area contributed by atoms with Crippen LogP contribution in [0.1, 0.15) is 17.7 Å². The summed E-state index contributed by atoms with van der Waals surface area (Å²) in [4.78, 5) is 11.9. The van der Waals surface area contributed by atoms with Crippen molar-refractivity contribution in [3.63, 3.8) is 0 Å². The molecule has 0 aliphatic heterocycles. The summed E-state index contributed by atoms with van der Waals surface area (Å²) in [6, 6.07) is 13.0. The highest BCUT2D eigenvalue weighted by molar-refractivity contribution is 8.00. The number of nitrogens with two attached hydrogens (primary N) is 1. The molecule has 134 valence electrons. The van der Waals surface area contributed by atoms with Crippen molar-refractivity contribution < 1.29 is 9.18 Å². The SMILES string of the molecule is CCn1c(SC(C(N)=O)c2ccc(F)cc2)nnc1-c1ccc(Cl)cc1. The molecule has 8 heteroatoms. The van der Waals surface area contributed by atoms with E-state index in [9.17, 15) is 9.18 Å². The van der Waals surface area contributed by atoms with Crippen LogP contribution in [0.3, 0.4) is 0 Å². The van der Waals surface area contributed by atoms with Gasteiger partial charge in [0, 0.05) is 17.1 Å². The van der Waals surface area contributed by atoms with Crippen molar-refractivity contribution in [2.75, 3.05) is 0 Å². The molecule has 2 aromatic carbocycles. The van der Waals surface area contributed by atoms with Crippen molar-refractivity contribution in [2.24, 2.45) is 5.73 Å². The molecule has 0 spiro atoms. The van der Waals surface area contributed by atoms with E-state index in [1.807, 2.05) is 23.6 Å². The Labute approximate surface area is 159 Å². The molecule has 1 unspecified atom stereocenters. The number of thioether (sulfide) groups is 1. The Balaban J connectivity index is 1.94. The van der Waals surface area contributed by atoms with Crippen LogP contribution in [0.4, 0.5) is 4.39 Å². The molecule has 0 saturated carbocycles. The molecule has 1 heterocycles. The lowest BCUT2D eigenvalue weighted by Gasteiger charge is -2.14. The lowest BCUT2D eigenvalue weighted by molar-refractivity contribution is -0.117. The summed E-state index contributed by atoms with van der Waals surface area (Å²) < 4.78 is 15.1. The highest BCUT2D eigenvalue weighted by atomic mass is 35.5. The molecule has 5 nitrogen and oxygen atoms in total. The number of primary amides is 1. The summed E-state index contributed by atoms with van der Waals surface area (Å²) in [6.07, 6.45) is 0. The van der Waals surface area contributed by atoms with Gasteiger partial charge in [-0.2, -0.15) is 0 Å². The average molecular weight is 391 g/mol. The fourth-order valence-corrected chi connectivity index (χ4v) is 3.68. The van der Waals surface area contributed by atoms with E-state index in [1.54, 1.807) is 24.3 Å². The van der Waals surface area contributed by atoms with Crippen molar-refractivity contribution in [1.29, 1.82) is 0 Å². The fourth-order valence-electron chi connectivity index (χ4n) is 2.51. The van der Waals surface area contributed by atoms with Gasteiger partial charge in [0.25, 0.3) is 0 Å². The minimum atomic E-state index is -0.692. The van der Waals surface area contributed by atoms with Crippen LogP contribution in [0, 0.1) is 5.82 Å². The van der Waals surface area contributed by atoms with Crippen molar-refractivity contribution in [3.05, 3.63) is 64.9 Å². The predicted molar refractivity (Wildman–Crippen MR) is 100 cm³/mol. The Morgan fingerprint density at radius 1 is 1.19 bits per heavy atom. The van der Waals surface area contributed by atoms with Gasteiger partial charge in [-0.1, -0.05) is 35.5 Å². The number of halogens is 2. The molecule has 3 rings (SSSR count). The first-order chi connectivity index (χ1) is 12.5. The molecule has 0 saturated heterocycles. The summed E-state index contributed by atoms with van der Waals surface area (Å²) in [6.45, 7) is 2.58. The molecule has 0 radical (unpaired) electrons. The Hall–Kier alpha value is -2.38. The molecule has 1 atom stereocenters. The number of amides is 1. The minimum absolute atomic E-state index is 0.372. The molecular formula is C18H16ClFN4OS. The third-order valence-corrected chi connectivity index (χ3v) is 5.29. The molecule has 3 aromatic rings. The Bertz CT molecular complexity index is 912. The van der Waals surface area contributed by atoms with Crippen LogP contribution in [-0.4, -0.2) is 20.7 Å². The molecular weight excluding hydrogens is 375 g/mol. The summed E-state index contributed by atoms with van der Waals surface area (Å²) in [5.74, 6) is -0.224. The Kier molecular flexibility index (Phi) is 5.58. The lowest BCUT2D eigenvalue weighted by atomic mass is 10.1. The molecule has 0 aliphatic rings. The van der Waals surface area contributed by atoms with Gasteiger partial charge in [-0.25, -0.2) is 4.39 Å². The lowest BCUT2D eigenvalue weighted by Crippen LogP contribution is -2.19. The fraction of sp³-hybridized carbons (Fsp3) is 0.167. The molecule has 0 bridgehead atoms. The van der Waals surface area contributed by atoms with Crippen LogP contribution in [0.5, 0.6) is 0 Å². The van der Waals surface area contributed by atoms with Crippen LogP contribution in [0.25, 0.3) is 11.4 Å². The van der Waals surface area contributed by atoms with Crippen LogP contribution in [-0.2, 0) is 11.3 Å². The molecule has 2 N–H and O–H groups in total. The second-order valence-electron chi connectivity index (χ2n) is 5.51. The number of hydrogen-bond donors (Lipinski definition) is 1. The number of rotatable bonds is 6. The number of hydrogen-bond acceptors (Lipinski definition) is 4. The van der Waals surface area contributed by atoms with Gasteiger partial charge < -0.3 is 10.3 Å². The van der Waals surface area contributed by atoms with E-state index in [0.717, 1.165) is 5.56 Å². The third-order valence-electron chi connectivity index (χ3n) is 3.79. The van der Waals surface area contributed by atoms with Crippen LogP contribution in [0.2, 0.25) is 5.02 Å². The molecule has 0 fully saturated rings. The maximum atomic E-state index is 13.2. The summed E-state index contributed by atoms with van der Waals surface area (Å²) in [7, 11) is 0. The molecule has 0 aliphatic carbocycles. The summed E-state index contributed by atoms with van der Waals surface area (Å²) in [5.41, 5.74) is 7.04. The second kappa shape index (κ2) is 7.88. The number of aromatic nitrogens is 3. The first-order valence-electron chi connectivity index (χ1n) is 7.90. The number of carbonyl (C=O) groups is 1. The topological polar surface area (TPSA) is 73.8 Å². The highest BCUT2D eigenvalue weighted by Gasteiger charge is 2.24. The maximum Gasteiger partial charge on any atom is 0.235 e. The zero-order chi connectivity index (χ0) is 18.7. The first-order valence-corrected chi connectivity index (χ1v) is 9.16. The van der Waals surface area contributed by atoms with E-state index in [1.165, 1.54) is 23.9 Å². The van der Waals surface area contributed by atoms with Gasteiger partial charge in [0.2, 0.25) is 5.91 Å². The van der Waals surface area contributed by atoms with Crippen molar-refractivity contribution in [2.45, 2.75) is 23.9 Å². The zero-order valence-electron chi connectivity index (χ0n) is 13.9. The van der Waals surface area contributed by atoms with Crippen LogP contribution < -0.4 is 5.73 Å². The molecule has 1 aromatic heterocycles. The largest absolute Gasteiger partial charge is 0.368 e. The van der Waals surface area contributed by atoms with Gasteiger partial charge in [-0.3, -0.25) is 4.79 Å².